The monoisotopic (exact) mass is 451 g/mol. The zero-order chi connectivity index (χ0) is 23.3. The van der Waals surface area contributed by atoms with Gasteiger partial charge in [-0.3, -0.25) is 14.9 Å². The average molecular weight is 451 g/mol. The molecule has 2 atom stereocenters. The van der Waals surface area contributed by atoms with Crippen LogP contribution in [0, 0.1) is 0 Å². The minimum Gasteiger partial charge on any atom is -0.492 e. The van der Waals surface area contributed by atoms with Crippen molar-refractivity contribution in [1.82, 2.24) is 10.2 Å². The number of rotatable bonds is 2. The predicted octanol–water partition coefficient (Wildman–Crippen LogP) is 2.81. The Bertz CT molecular complexity index is 961. The molecule has 3 amide bonds. The van der Waals surface area contributed by atoms with Crippen molar-refractivity contribution in [2.24, 2.45) is 0 Å². The minimum absolute atomic E-state index is 0.0339. The average Bonchev–Trinajstić information content (AvgIpc) is 3.04. The van der Waals surface area contributed by atoms with Crippen LogP contribution in [-0.2, 0) is 19.7 Å². The summed E-state index contributed by atoms with van der Waals surface area (Å²) in [5.41, 5.74) is -1.37. The number of alkyl halides is 2. The molecule has 0 aromatic heterocycles. The van der Waals surface area contributed by atoms with Crippen LogP contribution in [0.25, 0.3) is 0 Å². The highest BCUT2D eigenvalue weighted by atomic mass is 19.3. The molecule has 3 aliphatic heterocycles. The van der Waals surface area contributed by atoms with Crippen molar-refractivity contribution < 1.29 is 32.6 Å². The number of imide groups is 1. The number of hydrogen-bond donors (Lipinski definition) is 2. The SMILES string of the molecule is CC(C)(C)OC(=O)N1CCC2(COc3cc(NC4CCC(=O)NC4=O)ccc32)C(F)(F)C1. The summed E-state index contributed by atoms with van der Waals surface area (Å²) in [5, 5.41) is 5.31. The Kier molecular flexibility index (Phi) is 5.29. The maximum atomic E-state index is 15.4. The zero-order valence-electron chi connectivity index (χ0n) is 18.3. The van der Waals surface area contributed by atoms with Gasteiger partial charge in [0.1, 0.15) is 24.0 Å². The molecule has 10 heteroatoms. The van der Waals surface area contributed by atoms with Crippen LogP contribution in [0.5, 0.6) is 5.75 Å². The van der Waals surface area contributed by atoms with Gasteiger partial charge in [0, 0.05) is 30.3 Å². The molecule has 0 radical (unpaired) electrons. The van der Waals surface area contributed by atoms with Crippen LogP contribution in [0.15, 0.2) is 18.2 Å². The summed E-state index contributed by atoms with van der Waals surface area (Å²) >= 11 is 0. The molecule has 32 heavy (non-hydrogen) atoms. The third-order valence-corrected chi connectivity index (χ3v) is 6.10. The summed E-state index contributed by atoms with van der Waals surface area (Å²) in [6.45, 7) is 4.26. The van der Waals surface area contributed by atoms with E-state index in [1.807, 2.05) is 0 Å². The number of piperidine rings is 2. The van der Waals surface area contributed by atoms with Crippen LogP contribution in [0.4, 0.5) is 19.3 Å². The van der Waals surface area contributed by atoms with E-state index >= 15 is 8.78 Å². The van der Waals surface area contributed by atoms with Gasteiger partial charge in [0.15, 0.2) is 0 Å². The van der Waals surface area contributed by atoms with E-state index in [0.717, 1.165) is 4.90 Å². The molecule has 0 bridgehead atoms. The van der Waals surface area contributed by atoms with Crippen molar-refractivity contribution >= 4 is 23.6 Å². The van der Waals surface area contributed by atoms with E-state index in [2.05, 4.69) is 10.6 Å². The zero-order valence-corrected chi connectivity index (χ0v) is 18.3. The third-order valence-electron chi connectivity index (χ3n) is 6.10. The Morgan fingerprint density at radius 3 is 2.72 bits per heavy atom. The molecule has 2 N–H and O–H groups in total. The van der Waals surface area contributed by atoms with Crippen LogP contribution in [0.2, 0.25) is 0 Å². The van der Waals surface area contributed by atoms with Crippen molar-refractivity contribution in [3.05, 3.63) is 23.8 Å². The third kappa shape index (κ3) is 3.98. The first-order chi connectivity index (χ1) is 14.9. The summed E-state index contributed by atoms with van der Waals surface area (Å²) in [6.07, 6.45) is -0.138. The number of carbonyl (C=O) groups is 3. The summed E-state index contributed by atoms with van der Waals surface area (Å²) < 4.78 is 41.8. The van der Waals surface area contributed by atoms with Crippen LogP contribution < -0.4 is 15.4 Å². The highest BCUT2D eigenvalue weighted by molar-refractivity contribution is 6.01. The largest absolute Gasteiger partial charge is 0.492 e. The number of likely N-dealkylation sites (tertiary alicyclic amines) is 1. The van der Waals surface area contributed by atoms with Gasteiger partial charge in [0.2, 0.25) is 11.8 Å². The summed E-state index contributed by atoms with van der Waals surface area (Å²) in [5.74, 6) is -3.62. The Labute approximate surface area is 184 Å². The topological polar surface area (TPSA) is 97.0 Å². The summed E-state index contributed by atoms with van der Waals surface area (Å²) in [7, 11) is 0. The van der Waals surface area contributed by atoms with Gasteiger partial charge in [-0.1, -0.05) is 6.07 Å². The highest BCUT2D eigenvalue weighted by Crippen LogP contribution is 2.53. The standard InChI is InChI=1S/C22H27F2N3O5/c1-20(2,3)32-19(30)27-9-8-21(22(23,24)11-27)12-31-16-10-13(4-5-14(16)21)25-15-6-7-17(28)26-18(15)29/h4-5,10,15,25H,6-9,11-12H2,1-3H3,(H,26,28,29). The quantitative estimate of drug-likeness (QED) is 0.672. The molecular formula is C22H27F2N3O5. The summed E-state index contributed by atoms with van der Waals surface area (Å²) in [6, 6.07) is 4.24. The lowest BCUT2D eigenvalue weighted by atomic mass is 9.71. The summed E-state index contributed by atoms with van der Waals surface area (Å²) in [4.78, 5) is 36.6. The van der Waals surface area contributed by atoms with E-state index < -0.39 is 41.5 Å². The van der Waals surface area contributed by atoms with E-state index in [1.54, 1.807) is 39.0 Å². The van der Waals surface area contributed by atoms with Crippen LogP contribution in [0.1, 0.15) is 45.6 Å². The van der Waals surface area contributed by atoms with E-state index in [1.165, 1.54) is 0 Å². The molecule has 2 unspecified atom stereocenters. The van der Waals surface area contributed by atoms with Gasteiger partial charge in [-0.15, -0.1) is 0 Å². The second-order valence-corrected chi connectivity index (χ2v) is 9.59. The van der Waals surface area contributed by atoms with E-state index in [4.69, 9.17) is 9.47 Å². The Hall–Kier alpha value is -2.91. The molecule has 1 aromatic carbocycles. The highest BCUT2D eigenvalue weighted by Gasteiger charge is 2.62. The number of anilines is 1. The van der Waals surface area contributed by atoms with E-state index in [9.17, 15) is 14.4 Å². The maximum absolute atomic E-state index is 15.4. The second kappa shape index (κ2) is 7.60. The first-order valence-corrected chi connectivity index (χ1v) is 10.6. The minimum atomic E-state index is -3.22. The number of ether oxygens (including phenoxy) is 2. The molecule has 0 saturated carbocycles. The van der Waals surface area contributed by atoms with Crippen LogP contribution in [0.3, 0.4) is 0 Å². The van der Waals surface area contributed by atoms with Crippen molar-refractivity contribution in [2.45, 2.75) is 63.0 Å². The second-order valence-electron chi connectivity index (χ2n) is 9.59. The molecule has 1 spiro atoms. The number of carbonyl (C=O) groups excluding carboxylic acids is 3. The van der Waals surface area contributed by atoms with E-state index in [-0.39, 0.29) is 31.9 Å². The predicted molar refractivity (Wildman–Crippen MR) is 111 cm³/mol. The first-order valence-electron chi connectivity index (χ1n) is 10.6. The fourth-order valence-corrected chi connectivity index (χ4v) is 4.41. The number of benzene rings is 1. The number of nitrogens with one attached hydrogen (secondary N) is 2. The number of hydrogen-bond acceptors (Lipinski definition) is 6. The van der Waals surface area contributed by atoms with E-state index in [0.29, 0.717) is 23.4 Å². The molecular weight excluding hydrogens is 424 g/mol. The molecule has 1 aromatic rings. The van der Waals surface area contributed by atoms with Gasteiger partial charge in [0.05, 0.1) is 12.0 Å². The molecule has 3 aliphatic rings. The molecule has 2 saturated heterocycles. The van der Waals surface area contributed by atoms with Crippen LogP contribution in [-0.4, -0.2) is 60.1 Å². The Balaban J connectivity index is 1.51. The number of halogens is 2. The lowest BCUT2D eigenvalue weighted by Gasteiger charge is -2.44. The van der Waals surface area contributed by atoms with Gasteiger partial charge in [-0.25, -0.2) is 13.6 Å². The Morgan fingerprint density at radius 2 is 2.06 bits per heavy atom. The molecule has 8 nitrogen and oxygen atoms in total. The van der Waals surface area contributed by atoms with Gasteiger partial charge in [-0.05, 0) is 39.7 Å². The fourth-order valence-electron chi connectivity index (χ4n) is 4.41. The molecule has 3 heterocycles. The van der Waals surface area contributed by atoms with Crippen LogP contribution >= 0.6 is 0 Å². The van der Waals surface area contributed by atoms with Gasteiger partial charge in [-0.2, -0.15) is 0 Å². The smallest absolute Gasteiger partial charge is 0.410 e. The van der Waals surface area contributed by atoms with Gasteiger partial charge >= 0.3 is 6.09 Å². The van der Waals surface area contributed by atoms with Gasteiger partial charge in [0.25, 0.3) is 5.92 Å². The Morgan fingerprint density at radius 1 is 1.31 bits per heavy atom. The molecule has 4 rings (SSSR count). The van der Waals surface area contributed by atoms with Crippen molar-refractivity contribution in [3.63, 3.8) is 0 Å². The fraction of sp³-hybridized carbons (Fsp3) is 0.591. The van der Waals surface area contributed by atoms with Crippen molar-refractivity contribution in [1.29, 1.82) is 0 Å². The normalized spacial score (nSPS) is 26.9. The molecule has 0 aliphatic carbocycles. The number of fused-ring (bicyclic) bond motifs is 2. The van der Waals surface area contributed by atoms with Crippen molar-refractivity contribution in [2.75, 3.05) is 25.0 Å². The maximum Gasteiger partial charge on any atom is 0.410 e. The van der Waals surface area contributed by atoms with Gasteiger partial charge < -0.3 is 19.7 Å². The lowest BCUT2D eigenvalue weighted by Crippen LogP contribution is -2.60. The van der Waals surface area contributed by atoms with Crippen molar-refractivity contribution in [3.8, 4) is 5.75 Å². The number of nitrogens with zero attached hydrogens (tertiary/aromatic N) is 1. The first kappa shape index (κ1) is 22.3. The number of amides is 3. The lowest BCUT2D eigenvalue weighted by molar-refractivity contribution is -0.133. The molecule has 174 valence electrons. The molecule has 2 fully saturated rings.